The van der Waals surface area contributed by atoms with E-state index in [1.807, 2.05) is 0 Å². The van der Waals surface area contributed by atoms with E-state index in [0.717, 1.165) is 36.9 Å². The van der Waals surface area contributed by atoms with Gasteiger partial charge >= 0.3 is 5.97 Å². The number of unbranched alkanes of at least 4 members (excludes halogenated alkanes) is 13. The molecular formula is C25H52ClNO3. The van der Waals surface area contributed by atoms with Crippen molar-refractivity contribution in [2.24, 2.45) is 0 Å². The summed E-state index contributed by atoms with van der Waals surface area (Å²) in [5, 5.41) is 0. The third-order valence-corrected chi connectivity index (χ3v) is 5.53. The van der Waals surface area contributed by atoms with Crippen LogP contribution >= 0.6 is 0 Å². The summed E-state index contributed by atoms with van der Waals surface area (Å²) in [6.45, 7) is 7.32. The fourth-order valence-electron chi connectivity index (χ4n) is 3.42. The van der Waals surface area contributed by atoms with E-state index in [1.165, 1.54) is 77.0 Å². The molecule has 0 atom stereocenters. The largest absolute Gasteiger partial charge is 1.00 e. The zero-order valence-electron chi connectivity index (χ0n) is 20.7. The number of rotatable bonds is 22. The van der Waals surface area contributed by atoms with Gasteiger partial charge < -0.3 is 26.4 Å². The Bertz CT molecular complexity index is 364. The second-order valence-corrected chi connectivity index (χ2v) is 9.26. The summed E-state index contributed by atoms with van der Waals surface area (Å²) in [5.41, 5.74) is 0. The zero-order chi connectivity index (χ0) is 21.6. The molecule has 0 aliphatic rings. The molecule has 0 aliphatic heterocycles. The van der Waals surface area contributed by atoms with Crippen LogP contribution in [-0.2, 0) is 14.3 Å². The van der Waals surface area contributed by atoms with Crippen LogP contribution in [0.2, 0.25) is 0 Å². The van der Waals surface area contributed by atoms with Gasteiger partial charge in [-0.2, -0.15) is 0 Å². The Morgan fingerprint density at radius 2 is 1.13 bits per heavy atom. The lowest BCUT2D eigenvalue weighted by molar-refractivity contribution is -0.909. The average molecular weight is 450 g/mol. The van der Waals surface area contributed by atoms with Gasteiger partial charge in [-0.1, -0.05) is 97.3 Å². The maximum atomic E-state index is 11.8. The SMILES string of the molecule is CCCCCCCCCCOC[N+](C)(C)CCOC(=O)CCCCCCCCC.[Cl-]. The highest BCUT2D eigenvalue weighted by Crippen LogP contribution is 2.10. The van der Waals surface area contributed by atoms with Gasteiger partial charge in [-0.05, 0) is 12.8 Å². The van der Waals surface area contributed by atoms with Crippen LogP contribution < -0.4 is 12.4 Å². The van der Waals surface area contributed by atoms with Gasteiger partial charge in [0.15, 0.2) is 6.73 Å². The predicted molar refractivity (Wildman–Crippen MR) is 124 cm³/mol. The van der Waals surface area contributed by atoms with Crippen LogP contribution in [0.5, 0.6) is 0 Å². The molecule has 4 nitrogen and oxygen atoms in total. The number of carbonyl (C=O) groups is 1. The molecule has 0 amide bonds. The summed E-state index contributed by atoms with van der Waals surface area (Å²) in [6, 6.07) is 0. The van der Waals surface area contributed by atoms with Gasteiger partial charge in [-0.15, -0.1) is 0 Å². The molecule has 5 heteroatoms. The van der Waals surface area contributed by atoms with Crippen molar-refractivity contribution >= 4 is 5.97 Å². The molecule has 0 N–H and O–H groups in total. The molecule has 0 aromatic carbocycles. The van der Waals surface area contributed by atoms with E-state index >= 15 is 0 Å². The molecule has 0 fully saturated rings. The normalized spacial score (nSPS) is 11.3. The first kappa shape index (κ1) is 31.9. The first-order valence-corrected chi connectivity index (χ1v) is 12.6. The van der Waals surface area contributed by atoms with Crippen LogP contribution in [0.25, 0.3) is 0 Å². The molecule has 0 unspecified atom stereocenters. The summed E-state index contributed by atoms with van der Waals surface area (Å²) >= 11 is 0. The first-order chi connectivity index (χ1) is 14.0. The second-order valence-electron chi connectivity index (χ2n) is 9.26. The van der Waals surface area contributed by atoms with Crippen LogP contribution in [-0.4, -0.2) is 51.0 Å². The van der Waals surface area contributed by atoms with E-state index in [1.54, 1.807) is 0 Å². The van der Waals surface area contributed by atoms with E-state index in [9.17, 15) is 4.79 Å². The molecule has 0 aliphatic carbocycles. The number of hydrogen-bond acceptors (Lipinski definition) is 3. The van der Waals surface area contributed by atoms with Crippen LogP contribution in [0.4, 0.5) is 0 Å². The average Bonchev–Trinajstić information content (AvgIpc) is 2.68. The summed E-state index contributed by atoms with van der Waals surface area (Å²) in [4.78, 5) is 11.8. The van der Waals surface area contributed by atoms with Crippen LogP contribution in [0.3, 0.4) is 0 Å². The van der Waals surface area contributed by atoms with E-state index in [0.29, 0.717) is 19.8 Å². The lowest BCUT2D eigenvalue weighted by atomic mass is 10.1. The highest BCUT2D eigenvalue weighted by Gasteiger charge is 2.16. The molecule has 0 spiro atoms. The number of nitrogens with zero attached hydrogens (tertiary/aromatic N) is 1. The standard InChI is InChI=1S/C25H52NO3.ClH/c1-5-7-9-11-13-15-17-19-22-28-24-26(3,4)21-23-29-25(27)20-18-16-14-12-10-8-6-2;/h5-24H2,1-4H3;1H/q+1;/p-1. The van der Waals surface area contributed by atoms with Crippen molar-refractivity contribution in [1.82, 2.24) is 0 Å². The zero-order valence-corrected chi connectivity index (χ0v) is 21.4. The number of hydrogen-bond donors (Lipinski definition) is 0. The number of quaternary nitrogens is 1. The third-order valence-electron chi connectivity index (χ3n) is 5.53. The van der Waals surface area contributed by atoms with Crippen molar-refractivity contribution in [1.29, 1.82) is 0 Å². The summed E-state index contributed by atoms with van der Waals surface area (Å²) < 4.78 is 12.0. The lowest BCUT2D eigenvalue weighted by Crippen LogP contribution is -3.00. The molecule has 0 bridgehead atoms. The number of ether oxygens (including phenoxy) is 2. The maximum Gasteiger partial charge on any atom is 0.305 e. The Balaban J connectivity index is 0. The highest BCUT2D eigenvalue weighted by atomic mass is 35.5. The number of carbonyl (C=O) groups excluding carboxylic acids is 1. The summed E-state index contributed by atoms with van der Waals surface area (Å²) in [5.74, 6) is -0.0431. The van der Waals surface area contributed by atoms with Gasteiger partial charge in [0.1, 0.15) is 13.2 Å². The van der Waals surface area contributed by atoms with Gasteiger partial charge in [0, 0.05) is 6.42 Å². The maximum absolute atomic E-state index is 11.8. The molecule has 0 aromatic heterocycles. The first-order valence-electron chi connectivity index (χ1n) is 12.6. The predicted octanol–water partition coefficient (Wildman–Crippen LogP) is 3.87. The summed E-state index contributed by atoms with van der Waals surface area (Å²) in [6.07, 6.45) is 19.8. The van der Waals surface area contributed by atoms with Crippen LogP contribution in [0, 0.1) is 0 Å². The molecule has 0 saturated carbocycles. The molecule has 0 aromatic rings. The Kier molecular flexibility index (Phi) is 24.8. The van der Waals surface area contributed by atoms with E-state index in [-0.39, 0.29) is 18.4 Å². The van der Waals surface area contributed by atoms with Crippen LogP contribution in [0.15, 0.2) is 0 Å². The topological polar surface area (TPSA) is 35.5 Å². The smallest absolute Gasteiger partial charge is 0.305 e. The molecule has 0 saturated heterocycles. The minimum absolute atomic E-state index is 0. The molecule has 30 heavy (non-hydrogen) atoms. The van der Waals surface area contributed by atoms with Crippen molar-refractivity contribution in [2.75, 3.05) is 40.6 Å². The van der Waals surface area contributed by atoms with E-state index < -0.39 is 0 Å². The number of likely N-dealkylation sites (N-methyl/N-ethyl adjacent to an activating group) is 1. The molecule has 0 heterocycles. The second kappa shape index (κ2) is 23.3. The fraction of sp³-hybridized carbons (Fsp3) is 0.960. The van der Waals surface area contributed by atoms with Crippen molar-refractivity contribution in [3.05, 3.63) is 0 Å². The van der Waals surface area contributed by atoms with Crippen LogP contribution in [0.1, 0.15) is 117 Å². The molecular weight excluding hydrogens is 398 g/mol. The van der Waals surface area contributed by atoms with Gasteiger partial charge in [0.05, 0.1) is 20.7 Å². The quantitative estimate of drug-likeness (QED) is 0.109. The van der Waals surface area contributed by atoms with Gasteiger partial charge in [0.2, 0.25) is 0 Å². The lowest BCUT2D eigenvalue weighted by Gasteiger charge is -2.28. The van der Waals surface area contributed by atoms with Crippen molar-refractivity contribution in [3.63, 3.8) is 0 Å². The van der Waals surface area contributed by atoms with Gasteiger partial charge in [-0.25, -0.2) is 0 Å². The molecule has 0 rings (SSSR count). The third kappa shape index (κ3) is 24.0. The summed E-state index contributed by atoms with van der Waals surface area (Å²) in [7, 11) is 4.27. The minimum atomic E-state index is -0.0431. The number of esters is 1. The Morgan fingerprint density at radius 1 is 0.667 bits per heavy atom. The van der Waals surface area contributed by atoms with Crippen molar-refractivity contribution in [3.8, 4) is 0 Å². The fourth-order valence-corrected chi connectivity index (χ4v) is 3.42. The monoisotopic (exact) mass is 449 g/mol. The van der Waals surface area contributed by atoms with Gasteiger partial charge in [-0.3, -0.25) is 4.79 Å². The highest BCUT2D eigenvalue weighted by molar-refractivity contribution is 5.69. The Morgan fingerprint density at radius 3 is 1.67 bits per heavy atom. The molecule has 0 radical (unpaired) electrons. The van der Waals surface area contributed by atoms with E-state index in [2.05, 4.69) is 27.9 Å². The minimum Gasteiger partial charge on any atom is -1.00 e. The van der Waals surface area contributed by atoms with E-state index in [4.69, 9.17) is 9.47 Å². The van der Waals surface area contributed by atoms with Gasteiger partial charge in [0.25, 0.3) is 0 Å². The molecule has 182 valence electrons. The number of halogens is 1. The Hall–Kier alpha value is -0.320. The van der Waals surface area contributed by atoms with Crippen molar-refractivity contribution < 1.29 is 31.2 Å². The van der Waals surface area contributed by atoms with Crippen molar-refractivity contribution in [2.45, 2.75) is 117 Å². The Labute approximate surface area is 194 Å².